The second-order valence-corrected chi connectivity index (χ2v) is 3.87. The van der Waals surface area contributed by atoms with Gasteiger partial charge in [-0.2, -0.15) is 5.10 Å². The third-order valence-electron chi connectivity index (χ3n) is 2.59. The highest BCUT2D eigenvalue weighted by molar-refractivity contribution is 5.85. The van der Waals surface area contributed by atoms with Crippen LogP contribution in [0, 0.1) is 0 Å². The van der Waals surface area contributed by atoms with Crippen LogP contribution in [0.5, 0.6) is 5.75 Å². The number of benzene rings is 1. The molecule has 1 heterocycles. The molecule has 0 spiro atoms. The fourth-order valence-electron chi connectivity index (χ4n) is 1.74. The number of methoxy groups -OCH3 is 2. The molecule has 2 rings (SSSR count). The van der Waals surface area contributed by atoms with Crippen molar-refractivity contribution >= 4 is 5.97 Å². The number of rotatable bonds is 5. The lowest BCUT2D eigenvalue weighted by Gasteiger charge is -2.08. The van der Waals surface area contributed by atoms with Gasteiger partial charge in [0, 0.05) is 13.2 Å². The van der Waals surface area contributed by atoms with E-state index >= 15 is 0 Å². The van der Waals surface area contributed by atoms with Crippen LogP contribution in [0.3, 0.4) is 0 Å². The second-order valence-electron chi connectivity index (χ2n) is 3.87. The van der Waals surface area contributed by atoms with E-state index in [0.717, 1.165) is 5.69 Å². The topological polar surface area (TPSA) is 73.6 Å². The van der Waals surface area contributed by atoms with Crippen LogP contribution >= 0.6 is 0 Å². The van der Waals surface area contributed by atoms with E-state index in [1.165, 1.54) is 10.7 Å². The van der Waals surface area contributed by atoms with Gasteiger partial charge >= 0.3 is 5.97 Å². The van der Waals surface area contributed by atoms with Gasteiger partial charge in [0.25, 0.3) is 0 Å². The van der Waals surface area contributed by atoms with E-state index < -0.39 is 5.97 Å². The molecule has 0 aliphatic carbocycles. The van der Waals surface area contributed by atoms with Crippen molar-refractivity contribution in [3.05, 3.63) is 41.7 Å². The Morgan fingerprint density at radius 3 is 2.79 bits per heavy atom. The average Bonchev–Trinajstić information content (AvgIpc) is 2.83. The third-order valence-corrected chi connectivity index (χ3v) is 2.59. The molecule has 1 aromatic carbocycles. The fraction of sp³-hybridized carbons (Fsp3) is 0.231. The number of carboxylic acids is 1. The molecular weight excluding hydrogens is 248 g/mol. The molecular formula is C13H14N2O4. The van der Waals surface area contributed by atoms with Crippen molar-refractivity contribution in [2.45, 2.75) is 6.61 Å². The fourth-order valence-corrected chi connectivity index (χ4v) is 1.74. The SMILES string of the molecule is COCc1cc(C(=O)O)nn1-c1cccc(OC)c1. The monoisotopic (exact) mass is 262 g/mol. The molecule has 0 bridgehead atoms. The van der Waals surface area contributed by atoms with E-state index in [1.54, 1.807) is 26.4 Å². The summed E-state index contributed by atoms with van der Waals surface area (Å²) in [5.41, 5.74) is 1.36. The second kappa shape index (κ2) is 5.53. The molecule has 1 aromatic heterocycles. The molecule has 0 amide bonds. The zero-order chi connectivity index (χ0) is 13.8. The molecule has 1 N–H and O–H groups in total. The first-order valence-corrected chi connectivity index (χ1v) is 5.61. The van der Waals surface area contributed by atoms with Gasteiger partial charge in [-0.1, -0.05) is 6.07 Å². The lowest BCUT2D eigenvalue weighted by Crippen LogP contribution is -2.04. The van der Waals surface area contributed by atoms with Gasteiger partial charge < -0.3 is 14.6 Å². The highest BCUT2D eigenvalue weighted by Gasteiger charge is 2.14. The van der Waals surface area contributed by atoms with Crippen LogP contribution in [-0.4, -0.2) is 35.1 Å². The Morgan fingerprint density at radius 2 is 2.16 bits per heavy atom. The van der Waals surface area contributed by atoms with Gasteiger partial charge in [0.05, 0.1) is 25.1 Å². The highest BCUT2D eigenvalue weighted by Crippen LogP contribution is 2.19. The predicted molar refractivity (Wildman–Crippen MR) is 67.8 cm³/mol. The van der Waals surface area contributed by atoms with Crippen molar-refractivity contribution in [3.8, 4) is 11.4 Å². The molecule has 0 radical (unpaired) electrons. The molecule has 0 saturated heterocycles. The van der Waals surface area contributed by atoms with E-state index in [9.17, 15) is 4.79 Å². The summed E-state index contributed by atoms with van der Waals surface area (Å²) >= 11 is 0. The normalized spacial score (nSPS) is 10.4. The number of aromatic carboxylic acids is 1. The van der Waals surface area contributed by atoms with E-state index in [-0.39, 0.29) is 12.3 Å². The van der Waals surface area contributed by atoms with Crippen molar-refractivity contribution in [1.82, 2.24) is 9.78 Å². The van der Waals surface area contributed by atoms with Gasteiger partial charge in [0.1, 0.15) is 5.75 Å². The van der Waals surface area contributed by atoms with E-state index in [4.69, 9.17) is 14.6 Å². The Hall–Kier alpha value is -2.34. The molecule has 19 heavy (non-hydrogen) atoms. The smallest absolute Gasteiger partial charge is 0.356 e. The Morgan fingerprint density at radius 1 is 1.37 bits per heavy atom. The molecule has 0 saturated carbocycles. The summed E-state index contributed by atoms with van der Waals surface area (Å²) in [6, 6.07) is 8.71. The number of hydrogen-bond donors (Lipinski definition) is 1. The molecule has 0 unspecified atom stereocenters. The van der Waals surface area contributed by atoms with Crippen molar-refractivity contribution in [2.24, 2.45) is 0 Å². The van der Waals surface area contributed by atoms with Crippen molar-refractivity contribution in [3.63, 3.8) is 0 Å². The number of hydrogen-bond acceptors (Lipinski definition) is 4. The molecule has 0 aliphatic rings. The van der Waals surface area contributed by atoms with Crippen LogP contribution in [0.1, 0.15) is 16.2 Å². The van der Waals surface area contributed by atoms with Crippen LogP contribution in [0.25, 0.3) is 5.69 Å². The molecule has 0 fully saturated rings. The Balaban J connectivity index is 2.49. The summed E-state index contributed by atoms with van der Waals surface area (Å²) < 4.78 is 11.7. The lowest BCUT2D eigenvalue weighted by atomic mass is 10.3. The maximum absolute atomic E-state index is 11.0. The Bertz CT molecular complexity index is 592. The summed E-state index contributed by atoms with van der Waals surface area (Å²) in [6.07, 6.45) is 0. The molecule has 6 nitrogen and oxygen atoms in total. The average molecular weight is 262 g/mol. The first-order chi connectivity index (χ1) is 9.15. The number of nitrogens with zero attached hydrogens (tertiary/aromatic N) is 2. The summed E-state index contributed by atoms with van der Waals surface area (Å²) in [6.45, 7) is 0.275. The summed E-state index contributed by atoms with van der Waals surface area (Å²) in [4.78, 5) is 11.0. The van der Waals surface area contributed by atoms with Gasteiger partial charge in [-0.3, -0.25) is 0 Å². The van der Waals surface area contributed by atoms with Gasteiger partial charge in [-0.05, 0) is 18.2 Å². The molecule has 2 aromatic rings. The van der Waals surface area contributed by atoms with E-state index in [2.05, 4.69) is 5.10 Å². The van der Waals surface area contributed by atoms with Crippen LogP contribution in [0.2, 0.25) is 0 Å². The van der Waals surface area contributed by atoms with Crippen LogP contribution in [0.15, 0.2) is 30.3 Å². The van der Waals surface area contributed by atoms with Crippen LogP contribution < -0.4 is 4.74 Å². The molecule has 100 valence electrons. The molecule has 0 atom stereocenters. The minimum Gasteiger partial charge on any atom is -0.497 e. The maximum Gasteiger partial charge on any atom is 0.356 e. The first kappa shape index (κ1) is 13.1. The van der Waals surface area contributed by atoms with E-state index in [1.807, 2.05) is 12.1 Å². The van der Waals surface area contributed by atoms with Gasteiger partial charge in [-0.15, -0.1) is 0 Å². The number of carboxylic acid groups (broad SMARTS) is 1. The van der Waals surface area contributed by atoms with Gasteiger partial charge in [-0.25, -0.2) is 9.48 Å². The van der Waals surface area contributed by atoms with Crippen LogP contribution in [-0.2, 0) is 11.3 Å². The summed E-state index contributed by atoms with van der Waals surface area (Å²) in [5.74, 6) is -0.396. The number of carbonyl (C=O) groups is 1. The minimum atomic E-state index is -1.07. The standard InChI is InChI=1S/C13H14N2O4/c1-18-8-10-7-12(13(16)17)14-15(10)9-4-3-5-11(6-9)19-2/h3-7H,8H2,1-2H3,(H,16,17). The third kappa shape index (κ3) is 2.74. The first-order valence-electron chi connectivity index (χ1n) is 5.61. The van der Waals surface area contributed by atoms with Gasteiger partial charge in [0.2, 0.25) is 0 Å². The zero-order valence-corrected chi connectivity index (χ0v) is 10.7. The van der Waals surface area contributed by atoms with Gasteiger partial charge in [0.15, 0.2) is 5.69 Å². The van der Waals surface area contributed by atoms with E-state index in [0.29, 0.717) is 11.4 Å². The summed E-state index contributed by atoms with van der Waals surface area (Å²) in [7, 11) is 3.12. The minimum absolute atomic E-state index is 0.0186. The Kier molecular flexibility index (Phi) is 3.82. The summed E-state index contributed by atoms with van der Waals surface area (Å²) in [5, 5.41) is 13.1. The maximum atomic E-state index is 11.0. The predicted octanol–water partition coefficient (Wildman–Crippen LogP) is 1.73. The molecule has 0 aliphatic heterocycles. The van der Waals surface area contributed by atoms with Crippen molar-refractivity contribution < 1.29 is 19.4 Å². The lowest BCUT2D eigenvalue weighted by molar-refractivity contribution is 0.0690. The zero-order valence-electron chi connectivity index (χ0n) is 10.7. The quantitative estimate of drug-likeness (QED) is 0.888. The highest BCUT2D eigenvalue weighted by atomic mass is 16.5. The van der Waals surface area contributed by atoms with Crippen LogP contribution in [0.4, 0.5) is 0 Å². The number of ether oxygens (including phenoxy) is 2. The Labute approximate surface area is 110 Å². The van der Waals surface area contributed by atoms with Crippen molar-refractivity contribution in [1.29, 1.82) is 0 Å². The molecule has 6 heteroatoms. The van der Waals surface area contributed by atoms with Crippen molar-refractivity contribution in [2.75, 3.05) is 14.2 Å². The number of aromatic nitrogens is 2. The largest absolute Gasteiger partial charge is 0.497 e.